The third-order valence-electron chi connectivity index (χ3n) is 3.08. The van der Waals surface area contributed by atoms with Crippen molar-refractivity contribution >= 4 is 0 Å². The van der Waals surface area contributed by atoms with Crippen LogP contribution in [0.3, 0.4) is 0 Å². The fourth-order valence-electron chi connectivity index (χ4n) is 2.21. The first kappa shape index (κ1) is 13.9. The molecule has 0 saturated carbocycles. The van der Waals surface area contributed by atoms with E-state index in [1.54, 1.807) is 0 Å². The Morgan fingerprint density at radius 3 is 2.24 bits per heavy atom. The molecule has 0 amide bonds. The predicted octanol–water partition coefficient (Wildman–Crippen LogP) is 3.04. The Morgan fingerprint density at radius 1 is 0.952 bits per heavy atom. The van der Waals surface area contributed by atoms with Crippen LogP contribution in [0.5, 0.6) is 0 Å². The maximum Gasteiger partial charge on any atom is 0.433 e. The molecule has 1 aliphatic heterocycles. The monoisotopic (exact) mass is 301 g/mol. The van der Waals surface area contributed by atoms with Gasteiger partial charge in [0, 0.05) is 30.3 Å². The minimum absolute atomic E-state index is 0.0158. The fraction of sp³-hybridized carbons (Fsp3) is 0.231. The van der Waals surface area contributed by atoms with Gasteiger partial charge in [-0.05, 0) is 12.1 Å². The van der Waals surface area contributed by atoms with E-state index in [2.05, 4.69) is 15.3 Å². The topological polar surface area (TPSA) is 37.8 Å². The molecule has 1 aliphatic rings. The minimum Gasteiger partial charge on any atom is -0.307 e. The quantitative estimate of drug-likeness (QED) is 0.823. The van der Waals surface area contributed by atoms with E-state index in [1.807, 2.05) is 0 Å². The second kappa shape index (κ2) is 4.73. The largest absolute Gasteiger partial charge is 0.433 e. The summed E-state index contributed by atoms with van der Waals surface area (Å²) in [6.07, 6.45) is -4.65. The molecule has 0 radical (unpaired) electrons. The van der Waals surface area contributed by atoms with Crippen LogP contribution in [0.2, 0.25) is 0 Å². The Bertz CT molecular complexity index is 691. The first-order valence-corrected chi connectivity index (χ1v) is 5.99. The molecule has 0 unspecified atom stereocenters. The van der Waals surface area contributed by atoms with Gasteiger partial charge in [-0.3, -0.25) is 0 Å². The van der Waals surface area contributed by atoms with E-state index >= 15 is 0 Å². The van der Waals surface area contributed by atoms with Crippen LogP contribution in [-0.2, 0) is 19.3 Å². The number of nitrogens with one attached hydrogen (secondary N) is 1. The van der Waals surface area contributed by atoms with Gasteiger partial charge in [-0.25, -0.2) is 18.7 Å². The molecule has 0 bridgehead atoms. The highest BCUT2D eigenvalue weighted by Gasteiger charge is 2.38. The van der Waals surface area contributed by atoms with Crippen LogP contribution in [0, 0.1) is 11.6 Å². The Labute approximate surface area is 115 Å². The number of hydrogen-bond acceptors (Lipinski definition) is 3. The number of hydrogen-bond donors (Lipinski definition) is 1. The Balaban J connectivity index is 2.20. The van der Waals surface area contributed by atoms with Crippen molar-refractivity contribution in [1.82, 2.24) is 15.3 Å². The van der Waals surface area contributed by atoms with Gasteiger partial charge in [0.25, 0.3) is 0 Å². The molecule has 1 aromatic carbocycles. The van der Waals surface area contributed by atoms with Gasteiger partial charge in [-0.1, -0.05) is 0 Å². The van der Waals surface area contributed by atoms with Gasteiger partial charge in [0.1, 0.15) is 11.6 Å². The summed E-state index contributed by atoms with van der Waals surface area (Å²) < 4.78 is 65.5. The van der Waals surface area contributed by atoms with E-state index in [4.69, 9.17) is 0 Å². The number of benzene rings is 1. The van der Waals surface area contributed by atoms with Crippen LogP contribution < -0.4 is 5.32 Å². The fourth-order valence-corrected chi connectivity index (χ4v) is 2.21. The lowest BCUT2D eigenvalue weighted by Crippen LogP contribution is -2.14. The standard InChI is InChI=1S/C13H8F5N3/c14-7-1-6(2-8(15)3-7)12-20-10-5-19-4-9(10)11(21-12)13(16,17)18/h1-3,19H,4-5H2. The molecule has 110 valence electrons. The summed E-state index contributed by atoms with van der Waals surface area (Å²) in [5.41, 5.74) is -1.04. The second-order valence-corrected chi connectivity index (χ2v) is 4.58. The van der Waals surface area contributed by atoms with Gasteiger partial charge in [-0.2, -0.15) is 13.2 Å². The van der Waals surface area contributed by atoms with E-state index in [9.17, 15) is 22.0 Å². The number of rotatable bonds is 1. The Kier molecular flexibility index (Phi) is 3.12. The number of nitrogens with zero attached hydrogens (tertiary/aromatic N) is 2. The molecule has 0 fully saturated rings. The SMILES string of the molecule is Fc1cc(F)cc(-c2nc3c(c(C(F)(F)F)n2)CNC3)c1. The molecule has 2 aromatic rings. The van der Waals surface area contributed by atoms with Crippen molar-refractivity contribution < 1.29 is 22.0 Å². The normalized spacial score (nSPS) is 14.3. The first-order valence-electron chi connectivity index (χ1n) is 5.99. The van der Waals surface area contributed by atoms with Crippen molar-refractivity contribution in [1.29, 1.82) is 0 Å². The number of alkyl halides is 3. The molecule has 0 spiro atoms. The number of fused-ring (bicyclic) bond motifs is 1. The zero-order chi connectivity index (χ0) is 15.2. The zero-order valence-electron chi connectivity index (χ0n) is 10.4. The molecule has 2 heterocycles. The highest BCUT2D eigenvalue weighted by Crippen LogP contribution is 2.34. The average Bonchev–Trinajstić information content (AvgIpc) is 2.82. The minimum atomic E-state index is -4.65. The van der Waals surface area contributed by atoms with E-state index in [0.29, 0.717) is 6.07 Å². The van der Waals surface area contributed by atoms with E-state index in [0.717, 1.165) is 12.1 Å². The van der Waals surface area contributed by atoms with Crippen molar-refractivity contribution in [2.24, 2.45) is 0 Å². The van der Waals surface area contributed by atoms with Crippen molar-refractivity contribution in [2.75, 3.05) is 0 Å². The summed E-state index contributed by atoms with van der Waals surface area (Å²) in [4.78, 5) is 7.43. The number of aromatic nitrogens is 2. The maximum atomic E-state index is 13.2. The van der Waals surface area contributed by atoms with Crippen molar-refractivity contribution in [2.45, 2.75) is 19.3 Å². The summed E-state index contributed by atoms with van der Waals surface area (Å²) in [6.45, 7) is 0.174. The van der Waals surface area contributed by atoms with E-state index < -0.39 is 23.5 Å². The highest BCUT2D eigenvalue weighted by atomic mass is 19.4. The molecular weight excluding hydrogens is 293 g/mol. The summed E-state index contributed by atoms with van der Waals surface area (Å²) in [7, 11) is 0. The zero-order valence-corrected chi connectivity index (χ0v) is 10.4. The molecule has 21 heavy (non-hydrogen) atoms. The van der Waals surface area contributed by atoms with Crippen LogP contribution in [0.25, 0.3) is 11.4 Å². The summed E-state index contributed by atoms with van der Waals surface area (Å²) in [6, 6.07) is 2.42. The Morgan fingerprint density at radius 2 is 1.62 bits per heavy atom. The van der Waals surface area contributed by atoms with Crippen LogP contribution in [0.1, 0.15) is 17.0 Å². The lowest BCUT2D eigenvalue weighted by atomic mass is 10.1. The summed E-state index contributed by atoms with van der Waals surface area (Å²) >= 11 is 0. The molecule has 3 nitrogen and oxygen atoms in total. The number of halogens is 5. The van der Waals surface area contributed by atoms with Crippen molar-refractivity contribution in [3.8, 4) is 11.4 Å². The Hall–Kier alpha value is -2.09. The predicted molar refractivity (Wildman–Crippen MR) is 62.9 cm³/mol. The van der Waals surface area contributed by atoms with Crippen LogP contribution in [0.15, 0.2) is 18.2 Å². The van der Waals surface area contributed by atoms with E-state index in [1.165, 1.54) is 0 Å². The summed E-state index contributed by atoms with van der Waals surface area (Å²) in [5.74, 6) is -2.15. The molecule has 1 N–H and O–H groups in total. The molecule has 3 rings (SSSR count). The molecule has 8 heteroatoms. The van der Waals surface area contributed by atoms with Gasteiger partial charge >= 0.3 is 6.18 Å². The molecule has 0 saturated heterocycles. The third kappa shape index (κ3) is 2.58. The van der Waals surface area contributed by atoms with Crippen molar-refractivity contribution in [3.05, 3.63) is 46.8 Å². The molecule has 0 atom stereocenters. The smallest absolute Gasteiger partial charge is 0.307 e. The first-order chi connectivity index (χ1) is 9.84. The van der Waals surface area contributed by atoms with Gasteiger partial charge < -0.3 is 5.32 Å². The van der Waals surface area contributed by atoms with Gasteiger partial charge in [0.15, 0.2) is 11.5 Å². The lowest BCUT2D eigenvalue weighted by Gasteiger charge is -2.12. The van der Waals surface area contributed by atoms with Crippen LogP contribution >= 0.6 is 0 Å². The highest BCUT2D eigenvalue weighted by molar-refractivity contribution is 5.56. The van der Waals surface area contributed by atoms with Crippen molar-refractivity contribution in [3.63, 3.8) is 0 Å². The molecule has 0 aliphatic carbocycles. The summed E-state index contributed by atoms with van der Waals surface area (Å²) in [5, 5.41) is 2.75. The average molecular weight is 301 g/mol. The maximum absolute atomic E-state index is 13.2. The van der Waals surface area contributed by atoms with Crippen LogP contribution in [-0.4, -0.2) is 9.97 Å². The van der Waals surface area contributed by atoms with Gasteiger partial charge in [0.05, 0.1) is 5.69 Å². The van der Waals surface area contributed by atoms with Gasteiger partial charge in [-0.15, -0.1) is 0 Å². The van der Waals surface area contributed by atoms with E-state index in [-0.39, 0.29) is 35.7 Å². The lowest BCUT2D eigenvalue weighted by molar-refractivity contribution is -0.141. The van der Waals surface area contributed by atoms with Crippen LogP contribution in [0.4, 0.5) is 22.0 Å². The third-order valence-corrected chi connectivity index (χ3v) is 3.08. The molecular formula is C13H8F5N3. The molecule has 1 aromatic heterocycles. The second-order valence-electron chi connectivity index (χ2n) is 4.58. The van der Waals surface area contributed by atoms with Gasteiger partial charge in [0.2, 0.25) is 0 Å².